The van der Waals surface area contributed by atoms with Crippen molar-refractivity contribution in [3.63, 3.8) is 0 Å². The van der Waals surface area contributed by atoms with Crippen molar-refractivity contribution in [3.05, 3.63) is 102 Å². The molecule has 0 saturated carbocycles. The second-order valence-electron chi connectivity index (χ2n) is 8.34. The number of para-hydroxylation sites is 2. The average molecular weight is 568 g/mol. The number of hydrogen-bond acceptors (Lipinski definition) is 7. The van der Waals surface area contributed by atoms with Crippen LogP contribution in [0, 0.1) is 5.82 Å². The van der Waals surface area contributed by atoms with Gasteiger partial charge in [-0.2, -0.15) is 0 Å². The third-order valence-corrected chi connectivity index (χ3v) is 7.56. The first-order valence-electron chi connectivity index (χ1n) is 11.9. The Hall–Kier alpha value is -4.84. The van der Waals surface area contributed by atoms with Gasteiger partial charge in [0.1, 0.15) is 18.1 Å². The smallest absolute Gasteiger partial charge is 0.265 e. The largest absolute Gasteiger partial charge is 0.493 e. The lowest BCUT2D eigenvalue weighted by atomic mass is 10.1. The first-order valence-corrected chi connectivity index (χ1v) is 13.4. The molecule has 12 heteroatoms. The highest BCUT2D eigenvalue weighted by Crippen LogP contribution is 2.33. The van der Waals surface area contributed by atoms with E-state index in [1.165, 1.54) is 69.0 Å². The number of amides is 2. The number of hydrogen-bond donors (Lipinski definition) is 2. The molecule has 0 saturated heterocycles. The number of rotatable bonds is 11. The molecule has 40 heavy (non-hydrogen) atoms. The number of halogens is 1. The van der Waals surface area contributed by atoms with Crippen LogP contribution in [0.4, 0.5) is 15.8 Å². The van der Waals surface area contributed by atoms with Crippen LogP contribution < -0.4 is 24.4 Å². The molecule has 1 aromatic heterocycles. The fraction of sp³-hybridized carbons (Fsp3) is 0.143. The number of furan rings is 1. The quantitative estimate of drug-likeness (QED) is 0.278. The minimum atomic E-state index is -4.47. The molecule has 208 valence electrons. The van der Waals surface area contributed by atoms with Crippen LogP contribution in [0.3, 0.4) is 0 Å². The second-order valence-corrected chi connectivity index (χ2v) is 10.2. The Labute approximate surface area is 230 Å². The molecule has 0 aliphatic carbocycles. The molecule has 0 atom stereocenters. The third kappa shape index (κ3) is 6.24. The predicted octanol–water partition coefficient (Wildman–Crippen LogP) is 4.20. The van der Waals surface area contributed by atoms with Crippen LogP contribution in [0.25, 0.3) is 0 Å². The van der Waals surface area contributed by atoms with Crippen LogP contribution in [0.15, 0.2) is 94.4 Å². The maximum atomic E-state index is 14.9. The van der Waals surface area contributed by atoms with Gasteiger partial charge in [-0.1, -0.05) is 24.3 Å². The zero-order valence-corrected chi connectivity index (χ0v) is 22.4. The molecule has 0 unspecified atom stereocenters. The summed E-state index contributed by atoms with van der Waals surface area (Å²) < 4.78 is 58.6. The van der Waals surface area contributed by atoms with E-state index in [9.17, 15) is 22.4 Å². The molecule has 4 aromatic rings. The molecule has 1 heterocycles. The molecular formula is C28H26FN3O7S. The number of anilines is 2. The SMILES string of the molecule is COc1ccc(S(=O)(=O)N(CC(=O)Nc2ccccc2C(=O)NCc2ccco2)c2ccccc2F)cc1OC. The summed E-state index contributed by atoms with van der Waals surface area (Å²) in [5, 5.41) is 5.27. The standard InChI is InChI=1S/C28H26FN3O7S/c1-37-25-14-13-20(16-26(25)38-2)40(35,36)32(24-12-6-4-10-22(24)29)18-27(33)31-23-11-5-3-9-21(23)28(34)30-17-19-8-7-15-39-19/h3-16H,17-18H2,1-2H3,(H,30,34)(H,31,33). The average Bonchev–Trinajstić information content (AvgIpc) is 3.49. The van der Waals surface area contributed by atoms with Gasteiger partial charge in [0.15, 0.2) is 11.5 Å². The third-order valence-electron chi connectivity index (χ3n) is 5.80. The Kier molecular flexibility index (Phi) is 8.70. The van der Waals surface area contributed by atoms with Gasteiger partial charge in [-0.3, -0.25) is 13.9 Å². The summed E-state index contributed by atoms with van der Waals surface area (Å²) in [6.07, 6.45) is 1.48. The number of carbonyl (C=O) groups excluding carboxylic acids is 2. The zero-order valence-electron chi connectivity index (χ0n) is 21.6. The van der Waals surface area contributed by atoms with Gasteiger partial charge in [-0.25, -0.2) is 12.8 Å². The highest BCUT2D eigenvalue weighted by Gasteiger charge is 2.30. The van der Waals surface area contributed by atoms with Crippen molar-refractivity contribution in [1.82, 2.24) is 5.32 Å². The van der Waals surface area contributed by atoms with Crippen LogP contribution in [0.2, 0.25) is 0 Å². The summed E-state index contributed by atoms with van der Waals surface area (Å²) in [6.45, 7) is -0.668. The van der Waals surface area contributed by atoms with Crippen molar-refractivity contribution in [2.24, 2.45) is 0 Å². The van der Waals surface area contributed by atoms with Gasteiger partial charge in [-0.15, -0.1) is 0 Å². The number of carbonyl (C=O) groups is 2. The predicted molar refractivity (Wildman–Crippen MR) is 145 cm³/mol. The fourth-order valence-electron chi connectivity index (χ4n) is 3.84. The molecule has 0 spiro atoms. The highest BCUT2D eigenvalue weighted by atomic mass is 32.2. The summed E-state index contributed by atoms with van der Waals surface area (Å²) >= 11 is 0. The first kappa shape index (κ1) is 28.2. The van der Waals surface area contributed by atoms with Crippen molar-refractivity contribution in [2.75, 3.05) is 30.4 Å². The number of nitrogens with zero attached hydrogens (tertiary/aromatic N) is 1. The number of ether oxygens (including phenoxy) is 2. The molecule has 3 aromatic carbocycles. The van der Waals surface area contributed by atoms with E-state index in [4.69, 9.17) is 13.9 Å². The van der Waals surface area contributed by atoms with E-state index < -0.39 is 34.2 Å². The molecule has 4 rings (SSSR count). The van der Waals surface area contributed by atoms with E-state index in [2.05, 4.69) is 10.6 Å². The first-order chi connectivity index (χ1) is 19.2. The van der Waals surface area contributed by atoms with Crippen LogP contribution >= 0.6 is 0 Å². The lowest BCUT2D eigenvalue weighted by Crippen LogP contribution is -2.39. The van der Waals surface area contributed by atoms with Gasteiger partial charge in [0.25, 0.3) is 15.9 Å². The van der Waals surface area contributed by atoms with Crippen LogP contribution in [-0.2, 0) is 21.4 Å². The molecule has 0 radical (unpaired) electrons. The second kappa shape index (κ2) is 12.3. The van der Waals surface area contributed by atoms with Crippen molar-refractivity contribution < 1.29 is 36.3 Å². The molecule has 0 aliphatic rings. The summed E-state index contributed by atoms with van der Waals surface area (Å²) in [5.74, 6) is -1.18. The monoisotopic (exact) mass is 567 g/mol. The topological polar surface area (TPSA) is 127 Å². The maximum absolute atomic E-state index is 14.9. The minimum absolute atomic E-state index is 0.124. The molecule has 2 N–H and O–H groups in total. The van der Waals surface area contributed by atoms with Crippen molar-refractivity contribution >= 4 is 33.2 Å². The molecule has 0 fully saturated rings. The minimum Gasteiger partial charge on any atom is -0.493 e. The number of benzene rings is 3. The number of nitrogens with one attached hydrogen (secondary N) is 2. The Morgan fingerprint density at radius 1 is 0.925 bits per heavy atom. The summed E-state index contributed by atoms with van der Waals surface area (Å²) in [4.78, 5) is 25.8. The fourth-order valence-corrected chi connectivity index (χ4v) is 5.29. The Morgan fingerprint density at radius 3 is 2.35 bits per heavy atom. The van der Waals surface area contributed by atoms with E-state index in [1.807, 2.05) is 0 Å². The van der Waals surface area contributed by atoms with Crippen molar-refractivity contribution in [1.29, 1.82) is 0 Å². The number of sulfonamides is 1. The van der Waals surface area contributed by atoms with Crippen LogP contribution in [0.1, 0.15) is 16.1 Å². The van der Waals surface area contributed by atoms with E-state index >= 15 is 0 Å². The highest BCUT2D eigenvalue weighted by molar-refractivity contribution is 7.92. The van der Waals surface area contributed by atoms with Gasteiger partial charge in [0, 0.05) is 6.07 Å². The molecular weight excluding hydrogens is 541 g/mol. The van der Waals surface area contributed by atoms with E-state index in [1.54, 1.807) is 24.3 Å². The van der Waals surface area contributed by atoms with Crippen molar-refractivity contribution in [2.45, 2.75) is 11.4 Å². The maximum Gasteiger partial charge on any atom is 0.265 e. The van der Waals surface area contributed by atoms with Crippen molar-refractivity contribution in [3.8, 4) is 11.5 Å². The zero-order chi connectivity index (χ0) is 28.7. The Balaban J connectivity index is 1.62. The van der Waals surface area contributed by atoms with Crippen LogP contribution in [0.5, 0.6) is 11.5 Å². The number of methoxy groups -OCH3 is 2. The van der Waals surface area contributed by atoms with E-state index in [-0.39, 0.29) is 34.1 Å². The normalized spacial score (nSPS) is 11.0. The van der Waals surface area contributed by atoms with E-state index in [0.29, 0.717) is 15.8 Å². The summed E-state index contributed by atoms with van der Waals surface area (Å²) in [5.41, 5.74) is -0.0547. The summed E-state index contributed by atoms with van der Waals surface area (Å²) in [7, 11) is -1.73. The molecule has 0 bridgehead atoms. The van der Waals surface area contributed by atoms with Crippen LogP contribution in [-0.4, -0.2) is 41.0 Å². The van der Waals surface area contributed by atoms with Gasteiger partial charge in [-0.05, 0) is 48.5 Å². The molecule has 0 aliphatic heterocycles. The van der Waals surface area contributed by atoms with Gasteiger partial charge >= 0.3 is 0 Å². The van der Waals surface area contributed by atoms with Gasteiger partial charge in [0.05, 0.1) is 48.9 Å². The Morgan fingerprint density at radius 2 is 1.65 bits per heavy atom. The van der Waals surface area contributed by atoms with E-state index in [0.717, 1.165) is 6.07 Å². The van der Waals surface area contributed by atoms with Gasteiger partial charge in [0.2, 0.25) is 5.91 Å². The lowest BCUT2D eigenvalue weighted by Gasteiger charge is -2.25. The van der Waals surface area contributed by atoms with Gasteiger partial charge < -0.3 is 24.5 Å². The lowest BCUT2D eigenvalue weighted by molar-refractivity contribution is -0.114. The summed E-state index contributed by atoms with van der Waals surface area (Å²) in [6, 6.07) is 18.7. The molecule has 10 nitrogen and oxygen atoms in total. The Bertz CT molecular complexity index is 1610. The molecule has 2 amide bonds.